The summed E-state index contributed by atoms with van der Waals surface area (Å²) in [5.41, 5.74) is 0.374. The molecule has 3 aromatic rings. The Labute approximate surface area is 137 Å². The minimum atomic E-state index is -0.351. The van der Waals surface area contributed by atoms with Crippen LogP contribution in [-0.2, 0) is 12.8 Å². The summed E-state index contributed by atoms with van der Waals surface area (Å²) in [6.07, 6.45) is 0.814. The Morgan fingerprint density at radius 2 is 1.79 bits per heavy atom. The third kappa shape index (κ3) is 2.99. The Balaban J connectivity index is 1.90. The van der Waals surface area contributed by atoms with Crippen LogP contribution >= 0.6 is 0 Å². The molecule has 0 saturated carbocycles. The molecule has 6 nitrogen and oxygen atoms in total. The van der Waals surface area contributed by atoms with Crippen molar-refractivity contribution in [2.24, 2.45) is 0 Å². The number of aromatic hydroxyl groups is 3. The molecule has 24 heavy (non-hydrogen) atoms. The highest BCUT2D eigenvalue weighted by molar-refractivity contribution is 5.83. The van der Waals surface area contributed by atoms with E-state index in [1.165, 1.54) is 25.3 Å². The first-order valence-corrected chi connectivity index (χ1v) is 7.32. The number of aryl methyl sites for hydroxylation is 2. The lowest BCUT2D eigenvalue weighted by Gasteiger charge is -2.08. The third-order valence-electron chi connectivity index (χ3n) is 3.78. The first-order valence-electron chi connectivity index (χ1n) is 7.32. The highest BCUT2D eigenvalue weighted by Crippen LogP contribution is 2.29. The second kappa shape index (κ2) is 6.16. The zero-order valence-corrected chi connectivity index (χ0v) is 12.9. The summed E-state index contributed by atoms with van der Waals surface area (Å²) >= 11 is 0. The van der Waals surface area contributed by atoms with Crippen LogP contribution in [0.15, 0.2) is 45.6 Å². The molecule has 0 amide bonds. The molecule has 124 valence electrons. The highest BCUT2D eigenvalue weighted by Gasteiger charge is 2.12. The van der Waals surface area contributed by atoms with Crippen LogP contribution in [0.25, 0.3) is 11.0 Å². The normalized spacial score (nSPS) is 10.9. The van der Waals surface area contributed by atoms with Gasteiger partial charge in [0.2, 0.25) is 0 Å². The van der Waals surface area contributed by atoms with Crippen LogP contribution in [-0.4, -0.2) is 22.4 Å². The van der Waals surface area contributed by atoms with Crippen molar-refractivity contribution in [1.29, 1.82) is 0 Å². The van der Waals surface area contributed by atoms with Crippen LogP contribution in [0.1, 0.15) is 11.3 Å². The van der Waals surface area contributed by atoms with Gasteiger partial charge in [-0.05, 0) is 24.1 Å². The molecule has 2 aromatic carbocycles. The molecule has 3 N–H and O–H groups in total. The van der Waals surface area contributed by atoms with E-state index >= 15 is 0 Å². The standard InChI is InChI=1S/C18H16O6/c1-23-12-4-2-10(15(20)8-12)3-5-13-9-16(21)14-6-11(19)7-17(22)18(14)24-13/h2,4,6-9,19-20,22H,3,5H2,1H3. The number of hydrogen-bond acceptors (Lipinski definition) is 6. The second-order valence-electron chi connectivity index (χ2n) is 5.41. The summed E-state index contributed by atoms with van der Waals surface area (Å²) in [4.78, 5) is 12.1. The van der Waals surface area contributed by atoms with Gasteiger partial charge in [0.25, 0.3) is 0 Å². The Hall–Kier alpha value is -3.15. The Morgan fingerprint density at radius 3 is 2.50 bits per heavy atom. The molecule has 0 radical (unpaired) electrons. The molecule has 1 aromatic heterocycles. The van der Waals surface area contributed by atoms with Crippen LogP contribution in [0.3, 0.4) is 0 Å². The van der Waals surface area contributed by atoms with Gasteiger partial charge in [0.15, 0.2) is 16.8 Å². The number of ether oxygens (including phenoxy) is 1. The number of phenols is 3. The monoisotopic (exact) mass is 328 g/mol. The van der Waals surface area contributed by atoms with Crippen molar-refractivity contribution in [3.63, 3.8) is 0 Å². The highest BCUT2D eigenvalue weighted by atomic mass is 16.5. The van der Waals surface area contributed by atoms with Crippen LogP contribution in [0.4, 0.5) is 0 Å². The van der Waals surface area contributed by atoms with Gasteiger partial charge in [-0.3, -0.25) is 4.79 Å². The molecule has 0 aliphatic carbocycles. The first kappa shape index (κ1) is 15.7. The smallest absolute Gasteiger partial charge is 0.193 e. The zero-order chi connectivity index (χ0) is 17.3. The summed E-state index contributed by atoms with van der Waals surface area (Å²) in [6.45, 7) is 0. The van der Waals surface area contributed by atoms with Crippen molar-refractivity contribution in [1.82, 2.24) is 0 Å². The lowest BCUT2D eigenvalue weighted by Crippen LogP contribution is -2.03. The second-order valence-corrected chi connectivity index (χ2v) is 5.41. The van der Waals surface area contributed by atoms with E-state index in [-0.39, 0.29) is 33.6 Å². The minimum Gasteiger partial charge on any atom is -0.508 e. The lowest BCUT2D eigenvalue weighted by molar-refractivity contribution is 0.406. The van der Waals surface area contributed by atoms with Crippen molar-refractivity contribution >= 4 is 11.0 Å². The Morgan fingerprint density at radius 1 is 1.00 bits per heavy atom. The van der Waals surface area contributed by atoms with E-state index in [2.05, 4.69) is 0 Å². The maximum absolute atomic E-state index is 12.1. The van der Waals surface area contributed by atoms with E-state index in [0.29, 0.717) is 29.9 Å². The molecule has 0 aliphatic heterocycles. The molecule has 0 fully saturated rings. The summed E-state index contributed by atoms with van der Waals surface area (Å²) in [6, 6.07) is 8.68. The molecule has 0 saturated heterocycles. The summed E-state index contributed by atoms with van der Waals surface area (Å²) < 4.78 is 10.6. The Kier molecular flexibility index (Phi) is 4.04. The molecular weight excluding hydrogens is 312 g/mol. The maximum atomic E-state index is 12.1. The van der Waals surface area contributed by atoms with Crippen molar-refractivity contribution < 1.29 is 24.5 Å². The molecule has 0 aliphatic rings. The van der Waals surface area contributed by atoms with Crippen molar-refractivity contribution in [2.45, 2.75) is 12.8 Å². The predicted octanol–water partition coefficient (Wildman–Crippen LogP) is 2.70. The van der Waals surface area contributed by atoms with E-state index in [0.717, 1.165) is 6.07 Å². The van der Waals surface area contributed by atoms with Gasteiger partial charge < -0.3 is 24.5 Å². The fourth-order valence-electron chi connectivity index (χ4n) is 2.54. The summed E-state index contributed by atoms with van der Waals surface area (Å²) in [7, 11) is 1.52. The molecule has 0 bridgehead atoms. The summed E-state index contributed by atoms with van der Waals surface area (Å²) in [5, 5.41) is 29.4. The fourth-order valence-corrected chi connectivity index (χ4v) is 2.54. The van der Waals surface area contributed by atoms with Gasteiger partial charge in [0, 0.05) is 24.6 Å². The van der Waals surface area contributed by atoms with E-state index in [4.69, 9.17) is 9.15 Å². The third-order valence-corrected chi connectivity index (χ3v) is 3.78. The minimum absolute atomic E-state index is 0.0363. The predicted molar refractivity (Wildman–Crippen MR) is 87.9 cm³/mol. The van der Waals surface area contributed by atoms with Gasteiger partial charge in [-0.25, -0.2) is 0 Å². The molecule has 6 heteroatoms. The SMILES string of the molecule is COc1ccc(CCc2cc(=O)c3cc(O)cc(O)c3o2)c(O)c1. The Bertz CT molecular complexity index is 958. The molecule has 0 atom stereocenters. The number of methoxy groups -OCH3 is 1. The number of phenolic OH excluding ortho intramolecular Hbond substituents is 3. The number of benzene rings is 2. The summed E-state index contributed by atoms with van der Waals surface area (Å²) in [5.74, 6) is 0.534. The first-order chi connectivity index (χ1) is 11.5. The molecule has 0 unspecified atom stereocenters. The largest absolute Gasteiger partial charge is 0.508 e. The molecule has 3 rings (SSSR count). The van der Waals surface area contributed by atoms with Gasteiger partial charge in [-0.2, -0.15) is 0 Å². The van der Waals surface area contributed by atoms with Crippen LogP contribution in [0.5, 0.6) is 23.0 Å². The van der Waals surface area contributed by atoms with Gasteiger partial charge in [-0.15, -0.1) is 0 Å². The molecule has 0 spiro atoms. The van der Waals surface area contributed by atoms with Crippen molar-refractivity contribution in [2.75, 3.05) is 7.11 Å². The average Bonchev–Trinajstić information content (AvgIpc) is 2.54. The lowest BCUT2D eigenvalue weighted by atomic mass is 10.1. The number of fused-ring (bicyclic) bond motifs is 1. The van der Waals surface area contributed by atoms with E-state index in [9.17, 15) is 20.1 Å². The number of rotatable bonds is 4. The van der Waals surface area contributed by atoms with E-state index in [1.807, 2.05) is 0 Å². The maximum Gasteiger partial charge on any atom is 0.193 e. The van der Waals surface area contributed by atoms with Crippen LogP contribution in [0, 0.1) is 0 Å². The zero-order valence-electron chi connectivity index (χ0n) is 12.9. The topological polar surface area (TPSA) is 100 Å². The average molecular weight is 328 g/mol. The molecule has 1 heterocycles. The van der Waals surface area contributed by atoms with Gasteiger partial charge in [0.1, 0.15) is 23.0 Å². The van der Waals surface area contributed by atoms with Crippen LogP contribution < -0.4 is 10.2 Å². The fraction of sp³-hybridized carbons (Fsp3) is 0.167. The van der Waals surface area contributed by atoms with E-state index < -0.39 is 0 Å². The van der Waals surface area contributed by atoms with Gasteiger partial charge in [0.05, 0.1) is 12.5 Å². The quantitative estimate of drug-likeness (QED) is 0.681. The van der Waals surface area contributed by atoms with Gasteiger partial charge >= 0.3 is 0 Å². The van der Waals surface area contributed by atoms with Gasteiger partial charge in [-0.1, -0.05) is 6.07 Å². The van der Waals surface area contributed by atoms with Crippen molar-refractivity contribution in [3.05, 3.63) is 57.9 Å². The van der Waals surface area contributed by atoms with E-state index in [1.54, 1.807) is 12.1 Å². The van der Waals surface area contributed by atoms with Crippen molar-refractivity contribution in [3.8, 4) is 23.0 Å². The molecular formula is C18H16O6. The number of hydrogen-bond donors (Lipinski definition) is 3. The van der Waals surface area contributed by atoms with Crippen LogP contribution in [0.2, 0.25) is 0 Å².